The number of carbonyl (C=O) groups excluding carboxylic acids is 1. The maximum Gasteiger partial charge on any atom is 0.270 e. The van der Waals surface area contributed by atoms with Crippen LogP contribution in [0.1, 0.15) is 5.56 Å². The van der Waals surface area contributed by atoms with Crippen LogP contribution in [0.5, 0.6) is 11.5 Å². The van der Waals surface area contributed by atoms with Crippen molar-refractivity contribution >= 4 is 46.0 Å². The first-order valence-electron chi connectivity index (χ1n) is 6.80. The first-order valence-corrected chi connectivity index (χ1v) is 8.02. The van der Waals surface area contributed by atoms with Gasteiger partial charge in [0.1, 0.15) is 11.5 Å². The molecule has 0 radical (unpaired) electrons. The molecular weight excluding hydrogens is 330 g/mol. The molecule has 0 aromatic heterocycles. The monoisotopic (exact) mass is 343 g/mol. The maximum atomic E-state index is 12.6. The quantitative estimate of drug-likeness (QED) is 0.678. The van der Waals surface area contributed by atoms with Gasteiger partial charge in [0, 0.05) is 0 Å². The number of carbonyl (C=O) groups is 1. The molecule has 0 atom stereocenters. The van der Waals surface area contributed by atoms with Crippen LogP contribution in [0.3, 0.4) is 0 Å². The lowest BCUT2D eigenvalue weighted by atomic mass is 10.2. The number of rotatable bonds is 3. The molecule has 2 aromatic rings. The molecule has 1 fully saturated rings. The summed E-state index contributed by atoms with van der Waals surface area (Å²) in [6, 6.07) is 14.1. The smallest absolute Gasteiger partial charge is 0.270 e. The fourth-order valence-electron chi connectivity index (χ4n) is 2.21. The van der Waals surface area contributed by atoms with Crippen molar-refractivity contribution in [3.05, 3.63) is 59.0 Å². The van der Waals surface area contributed by atoms with Gasteiger partial charge in [0.2, 0.25) is 0 Å². The largest absolute Gasteiger partial charge is 0.506 e. The van der Waals surface area contributed by atoms with Crippen LogP contribution < -0.4 is 9.64 Å². The van der Waals surface area contributed by atoms with Crippen molar-refractivity contribution in [2.75, 3.05) is 12.0 Å². The van der Waals surface area contributed by atoms with E-state index in [9.17, 15) is 9.90 Å². The van der Waals surface area contributed by atoms with Gasteiger partial charge in [-0.05, 0) is 35.9 Å². The predicted octanol–water partition coefficient (Wildman–Crippen LogP) is 3.81. The Bertz CT molecular complexity index is 817. The van der Waals surface area contributed by atoms with E-state index in [0.29, 0.717) is 14.9 Å². The number of anilines is 1. The van der Waals surface area contributed by atoms with E-state index in [1.54, 1.807) is 31.4 Å². The second-order valence-electron chi connectivity index (χ2n) is 4.78. The average molecular weight is 343 g/mol. The van der Waals surface area contributed by atoms with E-state index >= 15 is 0 Å². The molecule has 1 aliphatic heterocycles. The highest BCUT2D eigenvalue weighted by molar-refractivity contribution is 8.27. The van der Waals surface area contributed by atoms with E-state index in [1.165, 1.54) is 22.7 Å². The van der Waals surface area contributed by atoms with Gasteiger partial charge in [0.15, 0.2) is 4.32 Å². The Labute approximate surface area is 143 Å². The number of hydrogen-bond acceptors (Lipinski definition) is 5. The zero-order valence-corrected chi connectivity index (χ0v) is 13.9. The van der Waals surface area contributed by atoms with Gasteiger partial charge in [-0.1, -0.05) is 48.2 Å². The fourth-order valence-corrected chi connectivity index (χ4v) is 3.50. The van der Waals surface area contributed by atoms with E-state index in [-0.39, 0.29) is 11.7 Å². The fraction of sp³-hybridized carbons (Fsp3) is 0.0588. The second kappa shape index (κ2) is 6.44. The third kappa shape index (κ3) is 3.09. The first kappa shape index (κ1) is 15.6. The second-order valence-corrected chi connectivity index (χ2v) is 6.46. The summed E-state index contributed by atoms with van der Waals surface area (Å²) >= 11 is 6.50. The Morgan fingerprint density at radius 1 is 1.22 bits per heavy atom. The lowest BCUT2D eigenvalue weighted by Gasteiger charge is -2.15. The molecule has 1 amide bonds. The number of benzene rings is 2. The molecule has 0 saturated carbocycles. The topological polar surface area (TPSA) is 49.8 Å². The molecule has 1 heterocycles. The van der Waals surface area contributed by atoms with Crippen molar-refractivity contribution in [1.82, 2.24) is 0 Å². The van der Waals surface area contributed by atoms with Crippen LogP contribution in [0.2, 0.25) is 0 Å². The van der Waals surface area contributed by atoms with Crippen molar-refractivity contribution in [1.29, 1.82) is 0 Å². The van der Waals surface area contributed by atoms with Gasteiger partial charge in [0.25, 0.3) is 5.91 Å². The molecule has 3 rings (SSSR count). The van der Waals surface area contributed by atoms with Crippen LogP contribution >= 0.6 is 24.0 Å². The van der Waals surface area contributed by atoms with Crippen molar-refractivity contribution in [2.45, 2.75) is 0 Å². The highest BCUT2D eigenvalue weighted by atomic mass is 32.2. The number of phenolic OH excluding ortho intramolecular Hbond substituents is 1. The summed E-state index contributed by atoms with van der Waals surface area (Å²) < 4.78 is 5.58. The number of thiocarbonyl (C=S) groups is 1. The number of methoxy groups -OCH3 is 1. The Kier molecular flexibility index (Phi) is 4.36. The third-order valence-corrected chi connectivity index (χ3v) is 4.61. The normalized spacial score (nSPS) is 16.2. The third-order valence-electron chi connectivity index (χ3n) is 3.31. The van der Waals surface area contributed by atoms with E-state index in [2.05, 4.69) is 0 Å². The van der Waals surface area contributed by atoms with Crippen molar-refractivity contribution in [2.24, 2.45) is 0 Å². The van der Waals surface area contributed by atoms with E-state index < -0.39 is 0 Å². The first-order chi connectivity index (χ1) is 11.1. The van der Waals surface area contributed by atoms with Crippen LogP contribution in [0.4, 0.5) is 5.69 Å². The van der Waals surface area contributed by atoms with Crippen LogP contribution in [0.25, 0.3) is 6.08 Å². The maximum absolute atomic E-state index is 12.6. The molecule has 0 unspecified atom stereocenters. The molecule has 1 N–H and O–H groups in total. The average Bonchev–Trinajstić information content (AvgIpc) is 2.82. The summed E-state index contributed by atoms with van der Waals surface area (Å²) in [4.78, 5) is 14.5. The summed E-state index contributed by atoms with van der Waals surface area (Å²) in [5.41, 5.74) is 1.24. The number of ether oxygens (including phenoxy) is 1. The van der Waals surface area contributed by atoms with Gasteiger partial charge in [-0.15, -0.1) is 0 Å². The number of thioether (sulfide) groups is 1. The summed E-state index contributed by atoms with van der Waals surface area (Å²) in [7, 11) is 1.59. The standard InChI is InChI=1S/C17H13NO3S2/c1-21-12-6-4-5-11(9-12)10-15-16(20)18(17(22)23-15)13-7-2-3-8-14(13)19/h2-10,19H,1H3. The number of phenols is 1. The summed E-state index contributed by atoms with van der Waals surface area (Å²) in [5, 5.41) is 9.95. The van der Waals surface area contributed by atoms with Crippen molar-refractivity contribution in [3.63, 3.8) is 0 Å². The lowest BCUT2D eigenvalue weighted by molar-refractivity contribution is -0.113. The van der Waals surface area contributed by atoms with Crippen LogP contribution in [0, 0.1) is 0 Å². The molecule has 6 heteroatoms. The van der Waals surface area contributed by atoms with Gasteiger partial charge >= 0.3 is 0 Å². The molecular formula is C17H13NO3S2. The molecule has 23 heavy (non-hydrogen) atoms. The minimum atomic E-state index is -0.246. The summed E-state index contributed by atoms with van der Waals surface area (Å²) in [5.74, 6) is 0.491. The molecule has 1 saturated heterocycles. The van der Waals surface area contributed by atoms with Gasteiger partial charge in [-0.3, -0.25) is 9.69 Å². The number of amides is 1. The Hall–Kier alpha value is -2.31. The van der Waals surface area contributed by atoms with E-state index in [0.717, 1.165) is 11.3 Å². The van der Waals surface area contributed by atoms with Crippen molar-refractivity contribution in [3.8, 4) is 11.5 Å². The number of hydrogen-bond donors (Lipinski definition) is 1. The van der Waals surface area contributed by atoms with Crippen molar-refractivity contribution < 1.29 is 14.6 Å². The molecule has 0 aliphatic carbocycles. The Balaban J connectivity index is 1.95. The minimum absolute atomic E-state index is 0.0198. The SMILES string of the molecule is COc1cccc(C=C2SC(=S)N(c3ccccc3O)C2=O)c1. The number of para-hydroxylation sites is 2. The van der Waals surface area contributed by atoms with Gasteiger partial charge < -0.3 is 9.84 Å². The molecule has 4 nitrogen and oxygen atoms in total. The summed E-state index contributed by atoms with van der Waals surface area (Å²) in [6.07, 6.45) is 1.77. The van der Waals surface area contributed by atoms with Gasteiger partial charge in [0.05, 0.1) is 17.7 Å². The summed E-state index contributed by atoms with van der Waals surface area (Å²) in [6.45, 7) is 0. The number of aromatic hydroxyl groups is 1. The Morgan fingerprint density at radius 2 is 2.00 bits per heavy atom. The Morgan fingerprint density at radius 3 is 2.74 bits per heavy atom. The van der Waals surface area contributed by atoms with Crippen LogP contribution in [0.15, 0.2) is 53.4 Å². The minimum Gasteiger partial charge on any atom is -0.506 e. The molecule has 0 bridgehead atoms. The molecule has 116 valence electrons. The van der Waals surface area contributed by atoms with E-state index in [1.807, 2.05) is 24.3 Å². The number of nitrogens with zero attached hydrogens (tertiary/aromatic N) is 1. The predicted molar refractivity (Wildman–Crippen MR) is 96.8 cm³/mol. The van der Waals surface area contributed by atoms with Gasteiger partial charge in [-0.25, -0.2) is 0 Å². The van der Waals surface area contributed by atoms with Crippen LogP contribution in [-0.2, 0) is 4.79 Å². The zero-order valence-electron chi connectivity index (χ0n) is 12.2. The van der Waals surface area contributed by atoms with E-state index in [4.69, 9.17) is 17.0 Å². The zero-order chi connectivity index (χ0) is 16.4. The highest BCUT2D eigenvalue weighted by Crippen LogP contribution is 2.39. The highest BCUT2D eigenvalue weighted by Gasteiger charge is 2.34. The molecule has 0 spiro atoms. The lowest BCUT2D eigenvalue weighted by Crippen LogP contribution is -2.27. The van der Waals surface area contributed by atoms with Gasteiger partial charge in [-0.2, -0.15) is 0 Å². The van der Waals surface area contributed by atoms with Crippen LogP contribution in [-0.4, -0.2) is 22.4 Å². The molecule has 1 aliphatic rings. The molecule has 2 aromatic carbocycles.